The summed E-state index contributed by atoms with van der Waals surface area (Å²) >= 11 is 5.89. The molecule has 0 aliphatic heterocycles. The second kappa shape index (κ2) is 5.03. The molecule has 0 radical (unpaired) electrons. The van der Waals surface area contributed by atoms with E-state index in [0.29, 0.717) is 5.02 Å². The Kier molecular flexibility index (Phi) is 3.96. The number of hydrogen-bond donors (Lipinski definition) is 1. The number of aryl methyl sites for hydroxylation is 1. The van der Waals surface area contributed by atoms with Gasteiger partial charge in [0.25, 0.3) is 0 Å². The number of allylic oxidation sites excluding steroid dienone is 1. The van der Waals surface area contributed by atoms with Crippen molar-refractivity contribution in [1.82, 2.24) is 4.90 Å². The fraction of sp³-hybridized carbons (Fsp3) is 0.250. The van der Waals surface area contributed by atoms with Crippen molar-refractivity contribution < 1.29 is 9.90 Å². The molecule has 0 fully saturated rings. The van der Waals surface area contributed by atoms with E-state index >= 15 is 0 Å². The zero-order valence-electron chi connectivity index (χ0n) is 9.49. The Morgan fingerprint density at radius 3 is 2.62 bits per heavy atom. The summed E-state index contributed by atoms with van der Waals surface area (Å²) in [7, 11) is 3.62. The van der Waals surface area contributed by atoms with Crippen LogP contribution in [0.3, 0.4) is 0 Å². The van der Waals surface area contributed by atoms with Gasteiger partial charge >= 0.3 is 0 Å². The molecule has 0 spiro atoms. The van der Waals surface area contributed by atoms with Gasteiger partial charge in [0, 0.05) is 31.4 Å². The Hall–Kier alpha value is -1.48. The molecular formula is C12H14ClNO2. The van der Waals surface area contributed by atoms with Gasteiger partial charge in [-0.3, -0.25) is 4.79 Å². The average Bonchev–Trinajstić information content (AvgIpc) is 2.20. The van der Waals surface area contributed by atoms with Crippen LogP contribution in [-0.4, -0.2) is 29.9 Å². The van der Waals surface area contributed by atoms with Crippen LogP contribution in [-0.2, 0) is 0 Å². The third kappa shape index (κ3) is 3.00. The molecule has 0 aliphatic rings. The number of rotatable bonds is 3. The monoisotopic (exact) mass is 239 g/mol. The molecule has 0 saturated carbocycles. The lowest BCUT2D eigenvalue weighted by molar-refractivity contribution is 0.104. The van der Waals surface area contributed by atoms with Gasteiger partial charge in [0.05, 0.1) is 5.56 Å². The average molecular weight is 240 g/mol. The molecule has 0 atom stereocenters. The van der Waals surface area contributed by atoms with Gasteiger partial charge in [0.1, 0.15) is 5.75 Å². The van der Waals surface area contributed by atoms with Gasteiger partial charge in [-0.05, 0) is 24.6 Å². The third-order valence-corrected chi connectivity index (χ3v) is 2.47. The van der Waals surface area contributed by atoms with E-state index in [4.69, 9.17) is 11.6 Å². The lowest BCUT2D eigenvalue weighted by atomic mass is 10.1. The van der Waals surface area contributed by atoms with Crippen LogP contribution in [0, 0.1) is 6.92 Å². The van der Waals surface area contributed by atoms with E-state index in [2.05, 4.69) is 0 Å². The molecule has 0 aliphatic carbocycles. The lowest BCUT2D eigenvalue weighted by Crippen LogP contribution is -2.03. The Bertz CT molecular complexity index is 439. The van der Waals surface area contributed by atoms with Crippen molar-refractivity contribution in [3.63, 3.8) is 0 Å². The first-order valence-electron chi connectivity index (χ1n) is 4.80. The Labute approximate surface area is 100.0 Å². The largest absolute Gasteiger partial charge is 0.507 e. The van der Waals surface area contributed by atoms with E-state index in [1.807, 2.05) is 14.1 Å². The molecule has 0 saturated heterocycles. The molecule has 1 N–H and O–H groups in total. The molecule has 0 aromatic heterocycles. The van der Waals surface area contributed by atoms with Crippen molar-refractivity contribution in [2.45, 2.75) is 6.92 Å². The van der Waals surface area contributed by atoms with Gasteiger partial charge in [-0.25, -0.2) is 0 Å². The van der Waals surface area contributed by atoms with Crippen LogP contribution in [0.1, 0.15) is 15.9 Å². The van der Waals surface area contributed by atoms with Gasteiger partial charge in [0.2, 0.25) is 0 Å². The van der Waals surface area contributed by atoms with Gasteiger partial charge in [-0.15, -0.1) is 0 Å². The summed E-state index contributed by atoms with van der Waals surface area (Å²) in [6, 6.07) is 2.97. The maximum atomic E-state index is 11.7. The fourth-order valence-electron chi connectivity index (χ4n) is 1.17. The summed E-state index contributed by atoms with van der Waals surface area (Å²) in [6.45, 7) is 1.77. The number of ketones is 1. The first-order valence-corrected chi connectivity index (χ1v) is 5.17. The van der Waals surface area contributed by atoms with Crippen molar-refractivity contribution >= 4 is 17.4 Å². The molecule has 1 rings (SSSR count). The summed E-state index contributed by atoms with van der Waals surface area (Å²) in [6.07, 6.45) is 3.01. The van der Waals surface area contributed by atoms with Crippen LogP contribution in [0.15, 0.2) is 24.4 Å². The zero-order chi connectivity index (χ0) is 12.3. The highest BCUT2D eigenvalue weighted by molar-refractivity contribution is 6.32. The number of nitrogens with zero attached hydrogens (tertiary/aromatic N) is 1. The highest BCUT2D eigenvalue weighted by atomic mass is 35.5. The quantitative estimate of drug-likeness (QED) is 0.651. The van der Waals surface area contributed by atoms with Crippen LogP contribution in [0.4, 0.5) is 0 Å². The standard InChI is InChI=1S/C12H14ClNO2/c1-8-6-12(16)9(7-10(8)13)11(15)4-5-14(2)3/h4-7,16H,1-3H3/b5-4+. The highest BCUT2D eigenvalue weighted by Crippen LogP contribution is 2.26. The lowest BCUT2D eigenvalue weighted by Gasteiger charge is -2.06. The third-order valence-electron chi connectivity index (χ3n) is 2.07. The summed E-state index contributed by atoms with van der Waals surface area (Å²) in [4.78, 5) is 13.4. The predicted octanol–water partition coefficient (Wildman–Crippen LogP) is 2.61. The Balaban J connectivity index is 3.05. The molecular weight excluding hydrogens is 226 g/mol. The van der Waals surface area contributed by atoms with E-state index in [1.165, 1.54) is 18.2 Å². The molecule has 86 valence electrons. The molecule has 0 bridgehead atoms. The number of aromatic hydroxyl groups is 1. The zero-order valence-corrected chi connectivity index (χ0v) is 10.2. The van der Waals surface area contributed by atoms with Crippen LogP contribution in [0.5, 0.6) is 5.75 Å². The van der Waals surface area contributed by atoms with Crippen molar-refractivity contribution in [3.8, 4) is 5.75 Å². The van der Waals surface area contributed by atoms with E-state index in [0.717, 1.165) is 5.56 Å². The molecule has 0 unspecified atom stereocenters. The van der Waals surface area contributed by atoms with E-state index < -0.39 is 0 Å². The topological polar surface area (TPSA) is 40.5 Å². The van der Waals surface area contributed by atoms with E-state index in [9.17, 15) is 9.90 Å². The summed E-state index contributed by atoms with van der Waals surface area (Å²) < 4.78 is 0. The van der Waals surface area contributed by atoms with Gasteiger partial charge in [0.15, 0.2) is 5.78 Å². The van der Waals surface area contributed by atoms with Gasteiger partial charge < -0.3 is 10.0 Å². The molecule has 16 heavy (non-hydrogen) atoms. The maximum absolute atomic E-state index is 11.7. The first-order chi connectivity index (χ1) is 7.41. The van der Waals surface area contributed by atoms with Crippen LogP contribution in [0.25, 0.3) is 0 Å². The van der Waals surface area contributed by atoms with E-state index in [1.54, 1.807) is 18.0 Å². The summed E-state index contributed by atoms with van der Waals surface area (Å²) in [5.74, 6) is -0.316. The smallest absolute Gasteiger partial charge is 0.191 e. The SMILES string of the molecule is Cc1cc(O)c(C(=O)/C=C/N(C)C)cc1Cl. The molecule has 1 aromatic rings. The van der Waals surface area contributed by atoms with Gasteiger partial charge in [-0.1, -0.05) is 11.6 Å². The van der Waals surface area contributed by atoms with E-state index in [-0.39, 0.29) is 17.1 Å². The molecule has 1 aromatic carbocycles. The number of carbonyl (C=O) groups is 1. The normalized spacial score (nSPS) is 10.8. The minimum absolute atomic E-state index is 0.0460. The highest BCUT2D eigenvalue weighted by Gasteiger charge is 2.10. The van der Waals surface area contributed by atoms with Crippen molar-refractivity contribution in [3.05, 3.63) is 40.6 Å². The number of halogens is 1. The Morgan fingerprint density at radius 1 is 1.44 bits per heavy atom. The summed E-state index contributed by atoms with van der Waals surface area (Å²) in [5.41, 5.74) is 0.959. The van der Waals surface area contributed by atoms with Crippen LogP contribution in [0.2, 0.25) is 5.02 Å². The van der Waals surface area contributed by atoms with Crippen LogP contribution < -0.4 is 0 Å². The number of benzene rings is 1. The minimum Gasteiger partial charge on any atom is -0.507 e. The first kappa shape index (κ1) is 12.6. The number of phenols is 1. The fourth-order valence-corrected chi connectivity index (χ4v) is 1.33. The van der Waals surface area contributed by atoms with Crippen molar-refractivity contribution in [1.29, 1.82) is 0 Å². The minimum atomic E-state index is -0.270. The second-order valence-corrected chi connectivity index (χ2v) is 4.17. The number of carbonyl (C=O) groups excluding carboxylic acids is 1. The van der Waals surface area contributed by atoms with Gasteiger partial charge in [-0.2, -0.15) is 0 Å². The number of phenolic OH excluding ortho intramolecular Hbond substituents is 1. The molecule has 0 amide bonds. The maximum Gasteiger partial charge on any atom is 0.191 e. The predicted molar refractivity (Wildman–Crippen MR) is 65.0 cm³/mol. The van der Waals surface area contributed by atoms with Crippen molar-refractivity contribution in [2.75, 3.05) is 14.1 Å². The summed E-state index contributed by atoms with van der Waals surface area (Å²) in [5, 5.41) is 10.1. The van der Waals surface area contributed by atoms with Crippen LogP contribution >= 0.6 is 11.6 Å². The molecule has 3 nitrogen and oxygen atoms in total. The molecule has 4 heteroatoms. The number of hydrogen-bond acceptors (Lipinski definition) is 3. The second-order valence-electron chi connectivity index (χ2n) is 3.76. The Morgan fingerprint density at radius 2 is 2.06 bits per heavy atom. The van der Waals surface area contributed by atoms with Crippen molar-refractivity contribution in [2.24, 2.45) is 0 Å². The molecule has 0 heterocycles.